The predicted octanol–water partition coefficient (Wildman–Crippen LogP) is 3.50. The number of rotatable bonds is 7. The summed E-state index contributed by atoms with van der Waals surface area (Å²) >= 11 is 0. The van der Waals surface area contributed by atoms with E-state index >= 15 is 0 Å². The molecule has 0 bridgehead atoms. The Morgan fingerprint density at radius 1 is 1.31 bits per heavy atom. The van der Waals surface area contributed by atoms with E-state index in [4.69, 9.17) is 9.15 Å². The summed E-state index contributed by atoms with van der Waals surface area (Å²) in [5.74, 6) is 1.72. The summed E-state index contributed by atoms with van der Waals surface area (Å²) in [5.41, 5.74) is -0.515. The highest BCUT2D eigenvalue weighted by molar-refractivity contribution is 14.0. The lowest BCUT2D eigenvalue weighted by Gasteiger charge is -2.26. The summed E-state index contributed by atoms with van der Waals surface area (Å²) in [6.45, 7) is 13.4. The van der Waals surface area contributed by atoms with E-state index < -0.39 is 11.7 Å². The molecule has 1 unspecified atom stereocenters. The number of hydrogen-bond donors (Lipinski definition) is 3. The van der Waals surface area contributed by atoms with E-state index in [0.29, 0.717) is 19.0 Å². The van der Waals surface area contributed by atoms with Crippen LogP contribution in [0.2, 0.25) is 0 Å². The normalized spacial score (nSPS) is 13.0. The van der Waals surface area contributed by atoms with Crippen molar-refractivity contribution in [2.24, 2.45) is 10.9 Å². The minimum absolute atomic E-state index is 0. The molecule has 150 valence electrons. The van der Waals surface area contributed by atoms with Gasteiger partial charge in [-0.2, -0.15) is 0 Å². The molecule has 0 aliphatic rings. The molecule has 1 heterocycles. The Morgan fingerprint density at radius 3 is 2.50 bits per heavy atom. The van der Waals surface area contributed by atoms with Gasteiger partial charge in [0.25, 0.3) is 0 Å². The molecule has 1 rings (SSSR count). The van der Waals surface area contributed by atoms with Gasteiger partial charge in [-0.25, -0.2) is 9.79 Å². The highest BCUT2D eigenvalue weighted by atomic mass is 127. The highest BCUT2D eigenvalue weighted by Crippen LogP contribution is 2.08. The van der Waals surface area contributed by atoms with Crippen LogP contribution < -0.4 is 16.0 Å². The molecule has 0 aromatic carbocycles. The molecule has 0 saturated heterocycles. The van der Waals surface area contributed by atoms with Gasteiger partial charge < -0.3 is 25.1 Å². The molecule has 0 spiro atoms. The molecule has 0 radical (unpaired) electrons. The Hall–Kier alpha value is -1.45. The first-order valence-electron chi connectivity index (χ1n) is 8.75. The van der Waals surface area contributed by atoms with E-state index in [0.717, 1.165) is 12.3 Å². The van der Waals surface area contributed by atoms with E-state index in [-0.39, 0.29) is 35.9 Å². The van der Waals surface area contributed by atoms with Gasteiger partial charge in [0.05, 0.1) is 12.3 Å². The molecule has 0 fully saturated rings. The average Bonchev–Trinajstić information content (AvgIpc) is 2.99. The Labute approximate surface area is 173 Å². The number of aliphatic imine (C=N–C) groups is 1. The zero-order valence-corrected chi connectivity index (χ0v) is 18.9. The number of amides is 1. The summed E-state index contributed by atoms with van der Waals surface area (Å²) < 4.78 is 10.6. The Kier molecular flexibility index (Phi) is 11.4. The average molecular weight is 480 g/mol. The second kappa shape index (κ2) is 12.0. The smallest absolute Gasteiger partial charge is 0.407 e. The number of halogens is 1. The van der Waals surface area contributed by atoms with E-state index in [1.165, 1.54) is 0 Å². The maximum atomic E-state index is 12.0. The van der Waals surface area contributed by atoms with E-state index in [2.05, 4.69) is 34.8 Å². The van der Waals surface area contributed by atoms with E-state index in [1.807, 2.05) is 39.8 Å². The second-order valence-electron chi connectivity index (χ2n) is 7.15. The van der Waals surface area contributed by atoms with Crippen molar-refractivity contribution in [3.05, 3.63) is 24.2 Å². The van der Waals surface area contributed by atoms with Gasteiger partial charge in [-0.15, -0.1) is 24.0 Å². The number of carbonyl (C=O) groups is 1. The number of ether oxygens (including phenoxy) is 1. The standard InChI is InChI=1S/C18H32N4O3.HI/c1-7-19-16(20-11-14-9-8-10-24-14)21-12-15(13(2)3)22-17(23)25-18(4,5)6;/h8-10,13,15H,7,11-12H2,1-6H3,(H,22,23)(H2,19,20,21);1H. The minimum atomic E-state index is -0.515. The van der Waals surface area contributed by atoms with Gasteiger partial charge >= 0.3 is 6.09 Å². The predicted molar refractivity (Wildman–Crippen MR) is 115 cm³/mol. The first-order chi connectivity index (χ1) is 11.7. The van der Waals surface area contributed by atoms with Crippen molar-refractivity contribution in [2.75, 3.05) is 13.1 Å². The van der Waals surface area contributed by atoms with Gasteiger partial charge in [0.2, 0.25) is 0 Å². The van der Waals surface area contributed by atoms with Crippen molar-refractivity contribution in [1.29, 1.82) is 0 Å². The van der Waals surface area contributed by atoms with Crippen molar-refractivity contribution >= 4 is 36.0 Å². The summed E-state index contributed by atoms with van der Waals surface area (Å²) in [6.07, 6.45) is 1.22. The molecule has 1 amide bonds. The molecule has 0 saturated carbocycles. The Morgan fingerprint density at radius 2 is 2.00 bits per heavy atom. The number of hydrogen-bond acceptors (Lipinski definition) is 4. The molecule has 8 heteroatoms. The molecule has 7 nitrogen and oxygen atoms in total. The topological polar surface area (TPSA) is 87.9 Å². The first kappa shape index (κ1) is 24.6. The molecular formula is C18H33IN4O3. The molecule has 0 aliphatic carbocycles. The fourth-order valence-electron chi connectivity index (χ4n) is 2.02. The summed E-state index contributed by atoms with van der Waals surface area (Å²) in [7, 11) is 0. The van der Waals surface area contributed by atoms with Crippen molar-refractivity contribution in [1.82, 2.24) is 16.0 Å². The zero-order chi connectivity index (χ0) is 18.9. The summed E-state index contributed by atoms with van der Waals surface area (Å²) in [4.78, 5) is 16.5. The zero-order valence-electron chi connectivity index (χ0n) is 16.6. The summed E-state index contributed by atoms with van der Waals surface area (Å²) in [5, 5.41) is 9.36. The van der Waals surface area contributed by atoms with Crippen LogP contribution in [-0.4, -0.2) is 36.8 Å². The summed E-state index contributed by atoms with van der Waals surface area (Å²) in [6, 6.07) is 3.64. The van der Waals surface area contributed by atoms with Gasteiger partial charge in [-0.3, -0.25) is 0 Å². The van der Waals surface area contributed by atoms with E-state index in [9.17, 15) is 4.79 Å². The monoisotopic (exact) mass is 480 g/mol. The van der Waals surface area contributed by atoms with Gasteiger partial charge in [0.1, 0.15) is 17.9 Å². The Bertz CT molecular complexity index is 539. The van der Waals surface area contributed by atoms with Gasteiger partial charge in [-0.1, -0.05) is 13.8 Å². The van der Waals surface area contributed by atoms with Gasteiger partial charge in [-0.05, 0) is 45.7 Å². The molecule has 3 N–H and O–H groups in total. The third kappa shape index (κ3) is 10.5. The lowest BCUT2D eigenvalue weighted by molar-refractivity contribution is 0.0491. The number of nitrogens with zero attached hydrogens (tertiary/aromatic N) is 1. The highest BCUT2D eigenvalue weighted by Gasteiger charge is 2.21. The molecule has 1 aromatic heterocycles. The largest absolute Gasteiger partial charge is 0.467 e. The first-order valence-corrected chi connectivity index (χ1v) is 8.75. The number of carbonyl (C=O) groups excluding carboxylic acids is 1. The minimum Gasteiger partial charge on any atom is -0.467 e. The molecule has 0 aliphatic heterocycles. The van der Waals surface area contributed by atoms with Crippen LogP contribution in [0.5, 0.6) is 0 Å². The SMILES string of the molecule is CCNC(=NCc1ccco1)NCC(NC(=O)OC(C)(C)C)C(C)C.I. The van der Waals surface area contributed by atoms with Gasteiger partial charge in [0.15, 0.2) is 5.96 Å². The maximum absolute atomic E-state index is 12.0. The van der Waals surface area contributed by atoms with Crippen LogP contribution in [0.25, 0.3) is 0 Å². The molecule has 1 atom stereocenters. The fourth-order valence-corrected chi connectivity index (χ4v) is 2.02. The maximum Gasteiger partial charge on any atom is 0.407 e. The van der Waals surface area contributed by atoms with Crippen LogP contribution in [-0.2, 0) is 11.3 Å². The van der Waals surface area contributed by atoms with Crippen molar-refractivity contribution in [3.63, 3.8) is 0 Å². The van der Waals surface area contributed by atoms with Crippen LogP contribution in [0.1, 0.15) is 47.3 Å². The fraction of sp³-hybridized carbons (Fsp3) is 0.667. The number of furan rings is 1. The van der Waals surface area contributed by atoms with Crippen LogP contribution >= 0.6 is 24.0 Å². The lowest BCUT2D eigenvalue weighted by atomic mass is 10.0. The molecule has 1 aromatic rings. The van der Waals surface area contributed by atoms with Crippen LogP contribution in [0.15, 0.2) is 27.8 Å². The van der Waals surface area contributed by atoms with Gasteiger partial charge in [0, 0.05) is 13.1 Å². The number of alkyl carbamates (subject to hydrolysis) is 1. The van der Waals surface area contributed by atoms with Crippen LogP contribution in [0.4, 0.5) is 4.79 Å². The Balaban J connectivity index is 0.00000625. The van der Waals surface area contributed by atoms with Crippen LogP contribution in [0, 0.1) is 5.92 Å². The van der Waals surface area contributed by atoms with Crippen molar-refractivity contribution in [3.8, 4) is 0 Å². The molecule has 26 heavy (non-hydrogen) atoms. The quantitative estimate of drug-likeness (QED) is 0.316. The van der Waals surface area contributed by atoms with Crippen molar-refractivity contribution in [2.45, 2.75) is 59.7 Å². The van der Waals surface area contributed by atoms with Crippen molar-refractivity contribution < 1.29 is 13.9 Å². The third-order valence-electron chi connectivity index (χ3n) is 3.31. The van der Waals surface area contributed by atoms with Crippen LogP contribution in [0.3, 0.4) is 0 Å². The third-order valence-corrected chi connectivity index (χ3v) is 3.31. The van der Waals surface area contributed by atoms with E-state index in [1.54, 1.807) is 6.26 Å². The number of guanidine groups is 1. The lowest BCUT2D eigenvalue weighted by Crippen LogP contribution is -2.50. The molecular weight excluding hydrogens is 447 g/mol. The number of nitrogens with one attached hydrogen (secondary N) is 3. The second-order valence-corrected chi connectivity index (χ2v) is 7.15.